The molecular weight excluding hydrogens is 700 g/mol. The van der Waals surface area contributed by atoms with Crippen molar-refractivity contribution < 1.29 is 18.0 Å². The highest BCUT2D eigenvalue weighted by molar-refractivity contribution is 7.92. The molecule has 12 heteroatoms. The minimum atomic E-state index is -4.37. The number of halogens is 4. The molecule has 2 atom stereocenters. The number of carbonyl (C=O) groups is 2. The van der Waals surface area contributed by atoms with Crippen molar-refractivity contribution in [2.45, 2.75) is 57.1 Å². The molecule has 0 saturated carbocycles. The molecule has 0 aliphatic heterocycles. The summed E-state index contributed by atoms with van der Waals surface area (Å²) in [4.78, 5) is 29.9. The second kappa shape index (κ2) is 16.2. The van der Waals surface area contributed by atoms with Gasteiger partial charge in [-0.3, -0.25) is 13.9 Å². The van der Waals surface area contributed by atoms with E-state index in [1.54, 1.807) is 30.3 Å². The maximum Gasteiger partial charge on any atom is 0.264 e. The summed E-state index contributed by atoms with van der Waals surface area (Å²) in [7, 11) is -4.37. The Labute approximate surface area is 296 Å². The molecule has 0 saturated heterocycles. The first-order chi connectivity index (χ1) is 22.3. The van der Waals surface area contributed by atoms with E-state index in [9.17, 15) is 18.0 Å². The second-order valence-corrected chi connectivity index (χ2v) is 14.7. The molecule has 4 rings (SSSR count). The molecule has 0 bridgehead atoms. The van der Waals surface area contributed by atoms with Gasteiger partial charge in [-0.2, -0.15) is 0 Å². The molecule has 7 nitrogen and oxygen atoms in total. The first-order valence-corrected chi connectivity index (χ1v) is 17.9. The number of aryl methyl sites for hydroxylation is 1. The zero-order valence-corrected chi connectivity index (χ0v) is 29.9. The van der Waals surface area contributed by atoms with E-state index in [0.717, 1.165) is 15.4 Å². The summed E-state index contributed by atoms with van der Waals surface area (Å²) >= 11 is 26.0. The largest absolute Gasteiger partial charge is 0.352 e. The zero-order valence-electron chi connectivity index (χ0n) is 26.1. The van der Waals surface area contributed by atoms with Crippen molar-refractivity contribution in [2.75, 3.05) is 10.8 Å². The van der Waals surface area contributed by atoms with E-state index >= 15 is 0 Å². The lowest BCUT2D eigenvalue weighted by molar-refractivity contribution is -0.140. The van der Waals surface area contributed by atoms with Crippen LogP contribution in [0.2, 0.25) is 20.1 Å². The number of anilines is 1. The molecule has 4 aromatic rings. The quantitative estimate of drug-likeness (QED) is 0.150. The number of hydrogen-bond acceptors (Lipinski definition) is 4. The van der Waals surface area contributed by atoms with Crippen LogP contribution in [0.1, 0.15) is 37.0 Å². The van der Waals surface area contributed by atoms with Gasteiger partial charge in [0.2, 0.25) is 11.8 Å². The summed E-state index contributed by atoms with van der Waals surface area (Å²) in [6.07, 6.45) is 0.795. The number of nitrogens with one attached hydrogen (secondary N) is 1. The molecular formula is C35H35Cl4N3O4S. The maximum atomic E-state index is 14.7. The molecule has 0 unspecified atom stereocenters. The molecule has 4 aromatic carbocycles. The highest BCUT2D eigenvalue weighted by Crippen LogP contribution is 2.34. The molecule has 47 heavy (non-hydrogen) atoms. The third-order valence-corrected chi connectivity index (χ3v) is 10.8. The van der Waals surface area contributed by atoms with E-state index in [4.69, 9.17) is 46.4 Å². The van der Waals surface area contributed by atoms with Crippen LogP contribution >= 0.6 is 46.4 Å². The molecule has 248 valence electrons. The molecule has 0 radical (unpaired) electrons. The first kappa shape index (κ1) is 36.6. The van der Waals surface area contributed by atoms with E-state index < -0.39 is 34.4 Å². The zero-order chi connectivity index (χ0) is 34.3. The summed E-state index contributed by atoms with van der Waals surface area (Å²) in [6, 6.07) is 23.5. The van der Waals surface area contributed by atoms with Crippen molar-refractivity contribution in [3.63, 3.8) is 0 Å². The lowest BCUT2D eigenvalue weighted by Gasteiger charge is -2.35. The smallest absolute Gasteiger partial charge is 0.264 e. The molecule has 0 spiro atoms. The Bertz CT molecular complexity index is 1800. The fourth-order valence-electron chi connectivity index (χ4n) is 4.88. The van der Waals surface area contributed by atoms with E-state index in [0.29, 0.717) is 12.0 Å². The van der Waals surface area contributed by atoms with Gasteiger partial charge in [0, 0.05) is 39.6 Å². The number of amides is 2. The minimum Gasteiger partial charge on any atom is -0.352 e. The van der Waals surface area contributed by atoms with Gasteiger partial charge in [-0.15, -0.1) is 0 Å². The van der Waals surface area contributed by atoms with Crippen LogP contribution in [0.4, 0.5) is 5.69 Å². The van der Waals surface area contributed by atoms with Gasteiger partial charge in [0.05, 0.1) is 15.6 Å². The minimum absolute atomic E-state index is 0.00693. The van der Waals surface area contributed by atoms with Crippen LogP contribution < -0.4 is 9.62 Å². The van der Waals surface area contributed by atoms with Crippen LogP contribution in [0.3, 0.4) is 0 Å². The van der Waals surface area contributed by atoms with Crippen molar-refractivity contribution >= 4 is 73.9 Å². The fraction of sp³-hybridized carbons (Fsp3) is 0.257. The van der Waals surface area contributed by atoms with E-state index in [1.165, 1.54) is 35.2 Å². The van der Waals surface area contributed by atoms with E-state index in [2.05, 4.69) is 5.32 Å². The predicted octanol–water partition coefficient (Wildman–Crippen LogP) is 8.36. The van der Waals surface area contributed by atoms with Crippen LogP contribution in [0.15, 0.2) is 95.9 Å². The van der Waals surface area contributed by atoms with Crippen molar-refractivity contribution in [3.8, 4) is 0 Å². The summed E-state index contributed by atoms with van der Waals surface area (Å²) < 4.78 is 29.4. The molecule has 0 aliphatic carbocycles. The topological polar surface area (TPSA) is 86.8 Å². The Kier molecular flexibility index (Phi) is 12.6. The monoisotopic (exact) mass is 733 g/mol. The third kappa shape index (κ3) is 9.21. The summed E-state index contributed by atoms with van der Waals surface area (Å²) in [6.45, 7) is 4.75. The van der Waals surface area contributed by atoms with Gasteiger partial charge in [0.1, 0.15) is 12.6 Å². The van der Waals surface area contributed by atoms with Crippen LogP contribution in [0.25, 0.3) is 0 Å². The molecule has 2 amide bonds. The molecule has 0 aromatic heterocycles. The average Bonchev–Trinajstić information content (AvgIpc) is 3.04. The van der Waals surface area contributed by atoms with Crippen LogP contribution in [-0.2, 0) is 32.6 Å². The standard InChI is InChI=1S/C35H35Cl4N3O4S/c1-4-24(3)40-35(44)33(19-25-9-6-5-7-10-25)41(21-28-29(37)11-8-12-30(28)38)34(43)22-42(32-20-26(36)15-18-31(32)39)47(45,46)27-16-13-23(2)14-17-27/h5-18,20,24,33H,4,19,21-22H2,1-3H3,(H,40,44)/t24-,33-/m0/s1. The molecule has 0 aliphatic rings. The number of hydrogen-bond donors (Lipinski definition) is 1. The van der Waals surface area contributed by atoms with E-state index in [1.807, 2.05) is 51.1 Å². The van der Waals surface area contributed by atoms with Gasteiger partial charge in [0.25, 0.3) is 10.0 Å². The van der Waals surface area contributed by atoms with Crippen LogP contribution in [0.5, 0.6) is 0 Å². The fourth-order valence-corrected chi connectivity index (χ4v) is 7.25. The highest BCUT2D eigenvalue weighted by Gasteiger charge is 2.36. The Balaban J connectivity index is 1.87. The second-order valence-electron chi connectivity index (χ2n) is 11.2. The Hall–Kier alpha value is -3.27. The van der Waals surface area contributed by atoms with E-state index in [-0.39, 0.29) is 49.7 Å². The predicted molar refractivity (Wildman–Crippen MR) is 191 cm³/mol. The third-order valence-electron chi connectivity index (χ3n) is 7.73. The van der Waals surface area contributed by atoms with Crippen LogP contribution in [-0.4, -0.2) is 43.8 Å². The van der Waals surface area contributed by atoms with Gasteiger partial charge < -0.3 is 10.2 Å². The SMILES string of the molecule is CC[C@H](C)NC(=O)[C@H](Cc1ccccc1)N(Cc1c(Cl)cccc1Cl)C(=O)CN(c1cc(Cl)ccc1Cl)S(=O)(=O)c1ccc(C)cc1. The number of nitrogens with zero attached hydrogens (tertiary/aromatic N) is 2. The lowest BCUT2D eigenvalue weighted by Crippen LogP contribution is -2.54. The summed E-state index contributed by atoms with van der Waals surface area (Å²) in [5.41, 5.74) is 2.06. The van der Waals surface area contributed by atoms with Gasteiger partial charge in [0.15, 0.2) is 0 Å². The Morgan fingerprint density at radius 3 is 2.09 bits per heavy atom. The molecule has 0 heterocycles. The lowest BCUT2D eigenvalue weighted by atomic mass is 10.0. The van der Waals surface area contributed by atoms with Gasteiger partial charge >= 0.3 is 0 Å². The van der Waals surface area contributed by atoms with Gasteiger partial charge in [-0.25, -0.2) is 8.42 Å². The Morgan fingerprint density at radius 2 is 1.47 bits per heavy atom. The van der Waals surface area contributed by atoms with Crippen molar-refractivity contribution in [2.24, 2.45) is 0 Å². The van der Waals surface area contributed by atoms with Gasteiger partial charge in [-0.05, 0) is 68.3 Å². The number of carbonyl (C=O) groups excluding carboxylic acids is 2. The van der Waals surface area contributed by atoms with Gasteiger partial charge in [-0.1, -0.05) is 107 Å². The number of sulfonamides is 1. The first-order valence-electron chi connectivity index (χ1n) is 14.9. The van der Waals surface area contributed by atoms with Crippen molar-refractivity contribution in [3.05, 3.63) is 128 Å². The Morgan fingerprint density at radius 1 is 0.830 bits per heavy atom. The summed E-state index contributed by atoms with van der Waals surface area (Å²) in [5, 5.41) is 3.86. The van der Waals surface area contributed by atoms with Crippen molar-refractivity contribution in [1.29, 1.82) is 0 Å². The highest BCUT2D eigenvalue weighted by atomic mass is 35.5. The average molecular weight is 736 g/mol. The van der Waals surface area contributed by atoms with Crippen LogP contribution in [0, 0.1) is 6.92 Å². The molecule has 0 fully saturated rings. The maximum absolute atomic E-state index is 14.7. The number of rotatable bonds is 13. The number of benzene rings is 4. The van der Waals surface area contributed by atoms with Crippen molar-refractivity contribution in [1.82, 2.24) is 10.2 Å². The summed E-state index contributed by atoms with van der Waals surface area (Å²) in [5.74, 6) is -1.10. The normalized spacial score (nSPS) is 12.7. The molecule has 1 N–H and O–H groups in total.